The first-order valence-electron chi connectivity index (χ1n) is 9.17. The highest BCUT2D eigenvalue weighted by Gasteiger charge is 2.47. The molecule has 1 amide bonds. The molecule has 29 heavy (non-hydrogen) atoms. The lowest BCUT2D eigenvalue weighted by molar-refractivity contribution is 0.0845. The first-order valence-corrected chi connectivity index (χ1v) is 9.17. The number of halogens is 2. The zero-order valence-electron chi connectivity index (χ0n) is 16.0. The average Bonchev–Trinajstić information content (AvgIpc) is 2.69. The fourth-order valence-corrected chi connectivity index (χ4v) is 3.97. The van der Waals surface area contributed by atoms with E-state index in [0.29, 0.717) is 28.3 Å². The van der Waals surface area contributed by atoms with E-state index in [0.717, 1.165) is 0 Å². The van der Waals surface area contributed by atoms with E-state index in [4.69, 9.17) is 10.5 Å². The van der Waals surface area contributed by atoms with Gasteiger partial charge >= 0.3 is 0 Å². The second kappa shape index (κ2) is 6.95. The molecule has 2 aromatic rings. The fraction of sp³-hybridized carbons (Fsp3) is 0.286. The third kappa shape index (κ3) is 3.24. The van der Waals surface area contributed by atoms with Gasteiger partial charge in [-0.05, 0) is 36.8 Å². The molecule has 0 saturated carbocycles. The van der Waals surface area contributed by atoms with Crippen LogP contribution in [0.2, 0.25) is 0 Å². The van der Waals surface area contributed by atoms with Gasteiger partial charge in [0.2, 0.25) is 5.95 Å². The van der Waals surface area contributed by atoms with Crippen molar-refractivity contribution in [2.75, 3.05) is 12.8 Å². The van der Waals surface area contributed by atoms with Crippen molar-refractivity contribution >= 4 is 17.4 Å². The van der Waals surface area contributed by atoms with E-state index in [2.05, 4.69) is 15.3 Å². The van der Waals surface area contributed by atoms with Gasteiger partial charge in [-0.15, -0.1) is 0 Å². The molecule has 0 bridgehead atoms. The molecule has 0 fully saturated rings. The Hall–Kier alpha value is -3.29. The fourth-order valence-electron chi connectivity index (χ4n) is 3.97. The SMILES string of the molecule is COc1cccc(C2=CC(F)=CCC2(F)C2Cc3nc(N)nc(C)c3C(=O)N2)c1. The minimum Gasteiger partial charge on any atom is -0.497 e. The van der Waals surface area contributed by atoms with Gasteiger partial charge in [0.05, 0.1) is 30.1 Å². The second-order valence-corrected chi connectivity index (χ2v) is 7.16. The number of hydrogen-bond donors (Lipinski definition) is 2. The van der Waals surface area contributed by atoms with E-state index < -0.39 is 23.4 Å². The molecule has 2 heterocycles. The quantitative estimate of drug-likeness (QED) is 0.829. The Labute approximate surface area is 166 Å². The molecule has 4 rings (SSSR count). The average molecular weight is 398 g/mol. The number of nitrogen functional groups attached to an aromatic ring is 1. The summed E-state index contributed by atoms with van der Waals surface area (Å²) in [5.41, 5.74) is 5.44. The standard InChI is InChI=1S/C21H20F2N4O2/c1-11-18-16(26-20(24)25-11)10-17(27-19(18)28)21(23)7-6-13(22)9-15(21)12-4-3-5-14(8-12)29-2/h3-6,8-9,17H,7,10H2,1-2H3,(H,27,28)(H2,24,25,26). The molecular weight excluding hydrogens is 378 g/mol. The Balaban J connectivity index is 1.78. The van der Waals surface area contributed by atoms with Gasteiger partial charge in [-0.25, -0.2) is 18.7 Å². The molecular formula is C21H20F2N4O2. The van der Waals surface area contributed by atoms with E-state index in [1.165, 1.54) is 19.3 Å². The summed E-state index contributed by atoms with van der Waals surface area (Å²) in [5, 5.41) is 2.73. The number of alkyl halides is 1. The van der Waals surface area contributed by atoms with Crippen molar-refractivity contribution in [3.05, 3.63) is 64.8 Å². The van der Waals surface area contributed by atoms with Gasteiger partial charge < -0.3 is 15.8 Å². The summed E-state index contributed by atoms with van der Waals surface area (Å²) < 4.78 is 35.8. The molecule has 2 unspecified atom stereocenters. The lowest BCUT2D eigenvalue weighted by atomic mass is 9.75. The zero-order valence-corrected chi connectivity index (χ0v) is 16.0. The molecule has 3 N–H and O–H groups in total. The van der Waals surface area contributed by atoms with Crippen LogP contribution < -0.4 is 15.8 Å². The number of anilines is 1. The minimum absolute atomic E-state index is 0.0285. The number of carbonyl (C=O) groups excluding carboxylic acids is 1. The lowest BCUT2D eigenvalue weighted by Crippen LogP contribution is -2.55. The van der Waals surface area contributed by atoms with Crippen LogP contribution in [-0.2, 0) is 6.42 Å². The molecule has 1 aliphatic carbocycles. The van der Waals surface area contributed by atoms with Gasteiger partial charge in [-0.3, -0.25) is 4.79 Å². The van der Waals surface area contributed by atoms with Crippen molar-refractivity contribution in [3.8, 4) is 5.75 Å². The first-order chi connectivity index (χ1) is 13.8. The molecule has 1 aromatic heterocycles. The number of hydrogen-bond acceptors (Lipinski definition) is 5. The van der Waals surface area contributed by atoms with Gasteiger partial charge in [-0.2, -0.15) is 0 Å². The maximum Gasteiger partial charge on any atom is 0.255 e. The minimum atomic E-state index is -2.04. The van der Waals surface area contributed by atoms with Crippen LogP contribution in [0.25, 0.3) is 5.57 Å². The van der Waals surface area contributed by atoms with E-state index in [-0.39, 0.29) is 24.4 Å². The number of benzene rings is 1. The van der Waals surface area contributed by atoms with Crippen LogP contribution >= 0.6 is 0 Å². The van der Waals surface area contributed by atoms with Crippen LogP contribution in [0.3, 0.4) is 0 Å². The van der Waals surface area contributed by atoms with Crippen molar-refractivity contribution in [1.29, 1.82) is 0 Å². The number of methoxy groups -OCH3 is 1. The highest BCUT2D eigenvalue weighted by Crippen LogP contribution is 2.44. The number of ether oxygens (including phenoxy) is 1. The van der Waals surface area contributed by atoms with E-state index in [9.17, 15) is 9.18 Å². The van der Waals surface area contributed by atoms with E-state index >= 15 is 4.39 Å². The van der Waals surface area contributed by atoms with Crippen molar-refractivity contribution in [1.82, 2.24) is 15.3 Å². The summed E-state index contributed by atoms with van der Waals surface area (Å²) in [7, 11) is 1.50. The number of fused-ring (bicyclic) bond motifs is 1. The Morgan fingerprint density at radius 2 is 2.14 bits per heavy atom. The molecule has 6 nitrogen and oxygen atoms in total. The van der Waals surface area contributed by atoms with Crippen molar-refractivity contribution < 1.29 is 18.3 Å². The Morgan fingerprint density at radius 3 is 2.90 bits per heavy atom. The van der Waals surface area contributed by atoms with Crippen molar-refractivity contribution in [2.45, 2.75) is 31.5 Å². The number of amides is 1. The van der Waals surface area contributed by atoms with Gasteiger partial charge in [0.15, 0.2) is 5.67 Å². The topological polar surface area (TPSA) is 90.1 Å². The molecule has 150 valence electrons. The Morgan fingerprint density at radius 1 is 1.34 bits per heavy atom. The largest absolute Gasteiger partial charge is 0.497 e. The van der Waals surface area contributed by atoms with Crippen LogP contribution in [0, 0.1) is 6.92 Å². The third-order valence-electron chi connectivity index (χ3n) is 5.37. The summed E-state index contributed by atoms with van der Waals surface area (Å²) in [6, 6.07) is 5.81. The van der Waals surface area contributed by atoms with Gasteiger partial charge in [0.1, 0.15) is 11.6 Å². The second-order valence-electron chi connectivity index (χ2n) is 7.16. The summed E-state index contributed by atoms with van der Waals surface area (Å²) in [6.45, 7) is 1.66. The third-order valence-corrected chi connectivity index (χ3v) is 5.37. The monoisotopic (exact) mass is 398 g/mol. The van der Waals surface area contributed by atoms with Gasteiger partial charge in [0, 0.05) is 18.4 Å². The van der Waals surface area contributed by atoms with Crippen molar-refractivity contribution in [2.24, 2.45) is 0 Å². The number of nitrogens with one attached hydrogen (secondary N) is 1. The molecule has 0 radical (unpaired) electrons. The van der Waals surface area contributed by atoms with Crippen LogP contribution in [0.15, 0.2) is 42.2 Å². The number of nitrogens with zero attached hydrogens (tertiary/aromatic N) is 2. The predicted molar refractivity (Wildman–Crippen MR) is 105 cm³/mol. The van der Waals surface area contributed by atoms with Gasteiger partial charge in [-0.1, -0.05) is 12.1 Å². The summed E-state index contributed by atoms with van der Waals surface area (Å²) in [5.74, 6) is -0.442. The lowest BCUT2D eigenvalue weighted by Gasteiger charge is -2.39. The molecule has 8 heteroatoms. The number of rotatable bonds is 3. The van der Waals surface area contributed by atoms with E-state index in [1.54, 1.807) is 31.2 Å². The first kappa shape index (κ1) is 19.0. The number of allylic oxidation sites excluding steroid dienone is 3. The maximum atomic E-state index is 16.5. The van der Waals surface area contributed by atoms with Crippen molar-refractivity contribution in [3.63, 3.8) is 0 Å². The predicted octanol–water partition coefficient (Wildman–Crippen LogP) is 3.08. The Kier molecular flexibility index (Phi) is 4.56. The number of aromatic nitrogens is 2. The summed E-state index contributed by atoms with van der Waals surface area (Å²) in [4.78, 5) is 20.9. The smallest absolute Gasteiger partial charge is 0.255 e. The highest BCUT2D eigenvalue weighted by molar-refractivity contribution is 5.98. The molecule has 0 spiro atoms. The Bertz CT molecular complexity index is 1070. The van der Waals surface area contributed by atoms with E-state index in [1.807, 2.05) is 0 Å². The summed E-state index contributed by atoms with van der Waals surface area (Å²) >= 11 is 0. The zero-order chi connectivity index (χ0) is 20.8. The number of carbonyl (C=O) groups is 1. The molecule has 2 aliphatic rings. The maximum absolute atomic E-state index is 16.5. The molecule has 1 aliphatic heterocycles. The van der Waals surface area contributed by atoms with Crippen LogP contribution in [0.4, 0.5) is 14.7 Å². The van der Waals surface area contributed by atoms with Crippen LogP contribution in [0.5, 0.6) is 5.75 Å². The molecule has 1 aromatic carbocycles. The molecule has 0 saturated heterocycles. The highest BCUT2D eigenvalue weighted by atomic mass is 19.1. The molecule has 2 atom stereocenters. The number of nitrogens with two attached hydrogens (primary N) is 1. The normalized spacial score (nSPS) is 23.6. The van der Waals surface area contributed by atoms with Gasteiger partial charge in [0.25, 0.3) is 5.91 Å². The number of aryl methyl sites for hydroxylation is 1. The van der Waals surface area contributed by atoms with Crippen LogP contribution in [0.1, 0.15) is 33.7 Å². The van der Waals surface area contributed by atoms with Crippen LogP contribution in [-0.4, -0.2) is 34.7 Å². The summed E-state index contributed by atoms with van der Waals surface area (Å²) in [6.07, 6.45) is 2.24.